The zero-order valence-electron chi connectivity index (χ0n) is 11.2. The first-order valence-corrected chi connectivity index (χ1v) is 7.16. The monoisotopic (exact) mass is 246 g/mol. The van der Waals surface area contributed by atoms with Gasteiger partial charge in [-0.1, -0.05) is 50.1 Å². The summed E-state index contributed by atoms with van der Waals surface area (Å²) >= 11 is 0. The minimum atomic E-state index is -0.455. The van der Waals surface area contributed by atoms with Crippen LogP contribution in [0.2, 0.25) is 0 Å². The molecule has 0 spiro atoms. The number of fused-ring (bicyclic) bond motifs is 1. The molecule has 2 saturated heterocycles. The summed E-state index contributed by atoms with van der Waals surface area (Å²) in [5.41, 5.74) is 1.42. The first kappa shape index (κ1) is 12.2. The Bertz CT molecular complexity index is 389. The predicted octanol–water partition coefficient (Wildman–Crippen LogP) is 3.86. The molecule has 2 fully saturated rings. The van der Waals surface area contributed by atoms with E-state index in [-0.39, 0.29) is 5.41 Å². The number of ether oxygens (including phenoxy) is 2. The van der Waals surface area contributed by atoms with Crippen molar-refractivity contribution < 1.29 is 9.47 Å². The quantitative estimate of drug-likeness (QED) is 0.803. The fourth-order valence-electron chi connectivity index (χ4n) is 3.64. The minimum absolute atomic E-state index is 0.213. The lowest BCUT2D eigenvalue weighted by molar-refractivity contribution is -0.229. The van der Waals surface area contributed by atoms with Crippen molar-refractivity contribution in [2.24, 2.45) is 5.41 Å². The molecule has 0 radical (unpaired) electrons. The molecule has 0 N–H and O–H groups in total. The summed E-state index contributed by atoms with van der Waals surface area (Å²) in [7, 11) is 0. The number of rotatable bonds is 4. The van der Waals surface area contributed by atoms with Crippen molar-refractivity contribution >= 4 is 0 Å². The summed E-state index contributed by atoms with van der Waals surface area (Å²) < 4.78 is 12.3. The van der Waals surface area contributed by atoms with Crippen LogP contribution in [0, 0.1) is 5.41 Å². The van der Waals surface area contributed by atoms with Gasteiger partial charge in [0, 0.05) is 11.0 Å². The molecule has 98 valence electrons. The lowest BCUT2D eigenvalue weighted by atomic mass is 9.71. The number of hydrogen-bond donors (Lipinski definition) is 0. The molecule has 2 heterocycles. The lowest BCUT2D eigenvalue weighted by Gasteiger charge is -2.38. The third-order valence-corrected chi connectivity index (χ3v) is 4.63. The van der Waals surface area contributed by atoms with E-state index in [1.165, 1.54) is 24.8 Å². The van der Waals surface area contributed by atoms with Gasteiger partial charge in [0.2, 0.25) is 5.79 Å². The van der Waals surface area contributed by atoms with E-state index in [9.17, 15) is 0 Å². The lowest BCUT2D eigenvalue weighted by Crippen LogP contribution is -2.39. The maximum absolute atomic E-state index is 6.13. The van der Waals surface area contributed by atoms with Crippen molar-refractivity contribution in [2.75, 3.05) is 13.2 Å². The summed E-state index contributed by atoms with van der Waals surface area (Å²) in [6.45, 7) is 3.92. The van der Waals surface area contributed by atoms with Crippen LogP contribution in [0.3, 0.4) is 0 Å². The van der Waals surface area contributed by atoms with Gasteiger partial charge in [0.25, 0.3) is 0 Å². The Morgan fingerprint density at radius 3 is 2.33 bits per heavy atom. The van der Waals surface area contributed by atoms with Crippen LogP contribution in [0.1, 0.15) is 44.6 Å². The molecule has 2 aliphatic heterocycles. The number of hydrogen-bond acceptors (Lipinski definition) is 2. The molecule has 1 aromatic carbocycles. The molecule has 18 heavy (non-hydrogen) atoms. The van der Waals surface area contributed by atoms with Crippen molar-refractivity contribution in [1.29, 1.82) is 0 Å². The summed E-state index contributed by atoms with van der Waals surface area (Å²) in [6.07, 6.45) is 6.01. The van der Waals surface area contributed by atoms with E-state index in [2.05, 4.69) is 37.3 Å². The Balaban J connectivity index is 1.97. The normalized spacial score (nSPS) is 34.7. The fourth-order valence-corrected chi connectivity index (χ4v) is 3.64. The molecule has 0 unspecified atom stereocenters. The van der Waals surface area contributed by atoms with E-state index >= 15 is 0 Å². The second-order valence-corrected chi connectivity index (χ2v) is 5.56. The molecule has 0 amide bonds. The highest BCUT2D eigenvalue weighted by Crippen LogP contribution is 2.59. The topological polar surface area (TPSA) is 18.5 Å². The van der Waals surface area contributed by atoms with Gasteiger partial charge in [-0.2, -0.15) is 0 Å². The Kier molecular flexibility index (Phi) is 3.16. The van der Waals surface area contributed by atoms with E-state index in [0.717, 1.165) is 26.1 Å². The summed E-state index contributed by atoms with van der Waals surface area (Å²) in [6, 6.07) is 10.5. The smallest absolute Gasteiger partial charge is 0.200 e. The maximum Gasteiger partial charge on any atom is 0.200 e. The molecule has 0 aromatic heterocycles. The highest BCUT2D eigenvalue weighted by atomic mass is 16.7. The van der Waals surface area contributed by atoms with Gasteiger partial charge < -0.3 is 9.47 Å². The van der Waals surface area contributed by atoms with Crippen molar-refractivity contribution in [3.8, 4) is 0 Å². The second-order valence-electron chi connectivity index (χ2n) is 5.56. The van der Waals surface area contributed by atoms with Crippen molar-refractivity contribution in [3.05, 3.63) is 35.9 Å². The van der Waals surface area contributed by atoms with Crippen LogP contribution < -0.4 is 0 Å². The average molecular weight is 246 g/mol. The molecule has 2 nitrogen and oxygen atoms in total. The molecule has 0 saturated carbocycles. The van der Waals surface area contributed by atoms with Gasteiger partial charge in [0.05, 0.1) is 13.2 Å². The first-order chi connectivity index (χ1) is 8.83. The molecule has 2 aliphatic rings. The van der Waals surface area contributed by atoms with E-state index in [1.54, 1.807) is 0 Å². The fraction of sp³-hybridized carbons (Fsp3) is 0.625. The van der Waals surface area contributed by atoms with Crippen molar-refractivity contribution in [2.45, 2.75) is 44.8 Å². The summed E-state index contributed by atoms with van der Waals surface area (Å²) in [5.74, 6) is -0.455. The molecule has 0 atom stereocenters. The predicted molar refractivity (Wildman–Crippen MR) is 71.2 cm³/mol. The van der Waals surface area contributed by atoms with Crippen LogP contribution in [0.15, 0.2) is 30.3 Å². The van der Waals surface area contributed by atoms with Gasteiger partial charge >= 0.3 is 0 Å². The highest BCUT2D eigenvalue weighted by Gasteiger charge is 2.61. The van der Waals surface area contributed by atoms with Gasteiger partial charge in [-0.3, -0.25) is 0 Å². The van der Waals surface area contributed by atoms with Gasteiger partial charge in [-0.25, -0.2) is 0 Å². The van der Waals surface area contributed by atoms with Crippen molar-refractivity contribution in [3.63, 3.8) is 0 Å². The zero-order chi connectivity index (χ0) is 12.5. The number of unbranched alkanes of at least 4 members (excludes halogenated alkanes) is 1. The van der Waals surface area contributed by atoms with Crippen LogP contribution in [0.5, 0.6) is 0 Å². The Morgan fingerprint density at radius 1 is 1.06 bits per heavy atom. The zero-order valence-corrected chi connectivity index (χ0v) is 11.2. The average Bonchev–Trinajstić information content (AvgIpc) is 2.93. The van der Waals surface area contributed by atoms with Crippen LogP contribution in [-0.4, -0.2) is 13.2 Å². The SMILES string of the molecule is CCCCC12CCOC1(c1ccccc1)OCC2. The molecule has 3 rings (SSSR count). The van der Waals surface area contributed by atoms with E-state index in [4.69, 9.17) is 9.47 Å². The Morgan fingerprint density at radius 2 is 1.72 bits per heavy atom. The molecule has 0 aliphatic carbocycles. The number of benzene rings is 1. The van der Waals surface area contributed by atoms with Crippen LogP contribution in [-0.2, 0) is 15.3 Å². The largest absolute Gasteiger partial charge is 0.345 e. The van der Waals surface area contributed by atoms with Gasteiger partial charge in [0.1, 0.15) is 0 Å². The third kappa shape index (κ3) is 1.63. The highest BCUT2D eigenvalue weighted by molar-refractivity contribution is 5.26. The molecule has 1 aromatic rings. The van der Waals surface area contributed by atoms with E-state index in [1.807, 2.05) is 0 Å². The van der Waals surface area contributed by atoms with Crippen LogP contribution >= 0.6 is 0 Å². The molecule has 2 heteroatoms. The molecular weight excluding hydrogens is 224 g/mol. The van der Waals surface area contributed by atoms with Crippen LogP contribution in [0.4, 0.5) is 0 Å². The van der Waals surface area contributed by atoms with Crippen LogP contribution in [0.25, 0.3) is 0 Å². The first-order valence-electron chi connectivity index (χ1n) is 7.16. The molecular formula is C16H22O2. The summed E-state index contributed by atoms with van der Waals surface area (Å²) in [5, 5.41) is 0. The Labute approximate surface area is 109 Å². The second kappa shape index (κ2) is 4.67. The van der Waals surface area contributed by atoms with Crippen molar-refractivity contribution in [1.82, 2.24) is 0 Å². The third-order valence-electron chi connectivity index (χ3n) is 4.63. The maximum atomic E-state index is 6.13. The minimum Gasteiger partial charge on any atom is -0.345 e. The van der Waals surface area contributed by atoms with Gasteiger partial charge in [-0.15, -0.1) is 0 Å². The Hall–Kier alpha value is -0.860. The van der Waals surface area contributed by atoms with E-state index < -0.39 is 5.79 Å². The van der Waals surface area contributed by atoms with Gasteiger partial charge in [-0.05, 0) is 19.3 Å². The van der Waals surface area contributed by atoms with Gasteiger partial charge in [0.15, 0.2) is 0 Å². The standard InChI is InChI=1S/C16H22O2/c1-2-3-9-15-10-12-17-16(15,18-13-11-15)14-7-5-4-6-8-14/h4-8H,2-3,9-13H2,1H3. The summed E-state index contributed by atoms with van der Waals surface area (Å²) in [4.78, 5) is 0. The van der Waals surface area contributed by atoms with E-state index in [0.29, 0.717) is 0 Å². The molecule has 0 bridgehead atoms.